The van der Waals surface area contributed by atoms with E-state index in [1.807, 2.05) is 4.90 Å². The number of guanidine groups is 1. The van der Waals surface area contributed by atoms with E-state index in [-0.39, 0.29) is 11.9 Å². The van der Waals surface area contributed by atoms with Gasteiger partial charge < -0.3 is 16.0 Å². The molecule has 1 aliphatic rings. The number of carbonyl (C=O) groups excluding carboxylic acids is 1. The molecule has 0 saturated carbocycles. The average molecular weight is 212 g/mol. The fourth-order valence-electron chi connectivity index (χ4n) is 1.72. The van der Waals surface area contributed by atoms with Gasteiger partial charge in [0.15, 0.2) is 5.96 Å². The van der Waals surface area contributed by atoms with Crippen LogP contribution in [0.4, 0.5) is 0 Å². The lowest BCUT2D eigenvalue weighted by atomic mass is 9.99. The van der Waals surface area contributed by atoms with E-state index >= 15 is 0 Å². The van der Waals surface area contributed by atoms with Gasteiger partial charge in [-0.1, -0.05) is 6.92 Å². The topological polar surface area (TPSA) is 82.2 Å². The van der Waals surface area contributed by atoms with Crippen LogP contribution >= 0.6 is 0 Å². The van der Waals surface area contributed by atoms with Crippen LogP contribution in [0.2, 0.25) is 0 Å². The first kappa shape index (κ1) is 11.8. The summed E-state index contributed by atoms with van der Waals surface area (Å²) in [6, 6.07) is 0. The summed E-state index contributed by atoms with van der Waals surface area (Å²) in [5.74, 6) is 0.829. The van der Waals surface area contributed by atoms with Crippen LogP contribution in [0, 0.1) is 11.3 Å². The first-order valence-electron chi connectivity index (χ1n) is 5.45. The number of likely N-dealkylation sites (tertiary alicyclic amines) is 1. The third-order valence-electron chi connectivity index (χ3n) is 2.79. The summed E-state index contributed by atoms with van der Waals surface area (Å²) in [5.41, 5.74) is 5.12. The summed E-state index contributed by atoms with van der Waals surface area (Å²) < 4.78 is 0. The van der Waals surface area contributed by atoms with Gasteiger partial charge in [0, 0.05) is 26.1 Å². The molecule has 0 aliphatic carbocycles. The molecule has 0 aromatic carbocycles. The zero-order valence-corrected chi connectivity index (χ0v) is 9.25. The number of nitrogens with zero attached hydrogens (tertiary/aromatic N) is 1. The van der Waals surface area contributed by atoms with Crippen LogP contribution in [0.3, 0.4) is 0 Å². The number of amides is 1. The maximum atomic E-state index is 11.7. The number of rotatable bonds is 3. The van der Waals surface area contributed by atoms with E-state index in [2.05, 4.69) is 12.2 Å². The van der Waals surface area contributed by atoms with Crippen molar-refractivity contribution < 1.29 is 4.79 Å². The summed E-state index contributed by atoms with van der Waals surface area (Å²) in [7, 11) is 0. The zero-order chi connectivity index (χ0) is 11.3. The molecule has 0 radical (unpaired) electrons. The Kier molecular flexibility index (Phi) is 4.39. The molecule has 1 heterocycles. The van der Waals surface area contributed by atoms with Gasteiger partial charge in [-0.3, -0.25) is 10.2 Å². The van der Waals surface area contributed by atoms with E-state index in [0.29, 0.717) is 13.0 Å². The van der Waals surface area contributed by atoms with E-state index in [1.165, 1.54) is 0 Å². The molecule has 1 rings (SSSR count). The minimum Gasteiger partial charge on any atom is -0.370 e. The number of nitrogens with two attached hydrogens (primary N) is 1. The van der Waals surface area contributed by atoms with Crippen LogP contribution in [0.5, 0.6) is 0 Å². The Balaban J connectivity index is 2.19. The van der Waals surface area contributed by atoms with Crippen molar-refractivity contribution in [3.05, 3.63) is 0 Å². The standard InChI is InChI=1S/C10H20N4O/c1-8-3-6-14(7-4-8)9(15)2-5-13-10(11)12/h8H,2-7H2,1H3,(H4,11,12,13). The van der Waals surface area contributed by atoms with Crippen LogP contribution in [-0.2, 0) is 4.79 Å². The summed E-state index contributed by atoms with van der Waals surface area (Å²) in [6.45, 7) is 4.43. The third kappa shape index (κ3) is 4.18. The molecule has 1 fully saturated rings. The number of carbonyl (C=O) groups is 1. The maximum absolute atomic E-state index is 11.7. The number of hydrogen-bond donors (Lipinski definition) is 3. The van der Waals surface area contributed by atoms with Crippen LogP contribution < -0.4 is 11.1 Å². The molecule has 0 aromatic rings. The minimum atomic E-state index is -0.0740. The van der Waals surface area contributed by atoms with E-state index < -0.39 is 0 Å². The van der Waals surface area contributed by atoms with E-state index in [0.717, 1.165) is 31.8 Å². The fraction of sp³-hybridized carbons (Fsp3) is 0.800. The number of piperidine rings is 1. The third-order valence-corrected chi connectivity index (χ3v) is 2.79. The van der Waals surface area contributed by atoms with E-state index in [4.69, 9.17) is 11.1 Å². The van der Waals surface area contributed by atoms with Crippen LogP contribution in [0.25, 0.3) is 0 Å². The highest BCUT2D eigenvalue weighted by Gasteiger charge is 2.19. The van der Waals surface area contributed by atoms with Crippen molar-refractivity contribution >= 4 is 11.9 Å². The highest BCUT2D eigenvalue weighted by Crippen LogP contribution is 2.16. The predicted octanol–water partition coefficient (Wildman–Crippen LogP) is 0.118. The van der Waals surface area contributed by atoms with Crippen LogP contribution in [-0.4, -0.2) is 36.4 Å². The summed E-state index contributed by atoms with van der Waals surface area (Å²) in [5, 5.41) is 9.59. The first-order chi connectivity index (χ1) is 7.09. The van der Waals surface area contributed by atoms with Gasteiger partial charge in [-0.15, -0.1) is 0 Å². The van der Waals surface area contributed by atoms with E-state index in [1.54, 1.807) is 0 Å². The van der Waals surface area contributed by atoms with Gasteiger partial charge in [0.1, 0.15) is 0 Å². The fourth-order valence-corrected chi connectivity index (χ4v) is 1.72. The monoisotopic (exact) mass is 212 g/mol. The lowest BCUT2D eigenvalue weighted by Gasteiger charge is -2.30. The highest BCUT2D eigenvalue weighted by atomic mass is 16.2. The van der Waals surface area contributed by atoms with Gasteiger partial charge in [-0.2, -0.15) is 0 Å². The highest BCUT2D eigenvalue weighted by molar-refractivity contribution is 5.78. The van der Waals surface area contributed by atoms with Crippen molar-refractivity contribution in [1.29, 1.82) is 5.41 Å². The molecule has 1 aliphatic heterocycles. The second-order valence-electron chi connectivity index (χ2n) is 4.15. The van der Waals surface area contributed by atoms with Gasteiger partial charge in [-0.25, -0.2) is 0 Å². The molecule has 15 heavy (non-hydrogen) atoms. The molecule has 0 spiro atoms. The first-order valence-corrected chi connectivity index (χ1v) is 5.45. The van der Waals surface area contributed by atoms with Gasteiger partial charge in [0.2, 0.25) is 5.91 Å². The molecule has 5 nitrogen and oxygen atoms in total. The summed E-state index contributed by atoms with van der Waals surface area (Å²) >= 11 is 0. The van der Waals surface area contributed by atoms with Gasteiger partial charge in [0.05, 0.1) is 0 Å². The van der Waals surface area contributed by atoms with Crippen LogP contribution in [0.15, 0.2) is 0 Å². The average Bonchev–Trinajstić information content (AvgIpc) is 2.18. The van der Waals surface area contributed by atoms with E-state index in [9.17, 15) is 4.79 Å². The molecule has 4 N–H and O–H groups in total. The Morgan fingerprint density at radius 1 is 1.53 bits per heavy atom. The molecule has 86 valence electrons. The Bertz CT molecular complexity index is 234. The Hall–Kier alpha value is -1.26. The minimum absolute atomic E-state index is 0.0740. The molecular formula is C10H20N4O. The second-order valence-corrected chi connectivity index (χ2v) is 4.15. The normalized spacial score (nSPS) is 17.5. The van der Waals surface area contributed by atoms with Crippen molar-refractivity contribution in [2.24, 2.45) is 11.7 Å². The van der Waals surface area contributed by atoms with Crippen molar-refractivity contribution in [3.8, 4) is 0 Å². The molecule has 5 heteroatoms. The van der Waals surface area contributed by atoms with Crippen LogP contribution in [0.1, 0.15) is 26.2 Å². The SMILES string of the molecule is CC1CCN(C(=O)CCNC(=N)N)CC1. The second kappa shape index (κ2) is 5.58. The molecular weight excluding hydrogens is 192 g/mol. The van der Waals surface area contributed by atoms with Gasteiger partial charge in [-0.05, 0) is 18.8 Å². The van der Waals surface area contributed by atoms with Crippen molar-refractivity contribution in [1.82, 2.24) is 10.2 Å². The lowest BCUT2D eigenvalue weighted by molar-refractivity contribution is -0.132. The lowest BCUT2D eigenvalue weighted by Crippen LogP contribution is -2.40. The maximum Gasteiger partial charge on any atom is 0.224 e. The Morgan fingerprint density at radius 3 is 2.67 bits per heavy atom. The molecule has 0 aromatic heterocycles. The van der Waals surface area contributed by atoms with Crippen molar-refractivity contribution in [2.75, 3.05) is 19.6 Å². The van der Waals surface area contributed by atoms with Gasteiger partial charge >= 0.3 is 0 Å². The molecule has 1 amide bonds. The molecule has 0 atom stereocenters. The molecule has 0 bridgehead atoms. The Labute approximate surface area is 90.5 Å². The molecule has 1 saturated heterocycles. The van der Waals surface area contributed by atoms with Crippen molar-refractivity contribution in [2.45, 2.75) is 26.2 Å². The summed E-state index contributed by atoms with van der Waals surface area (Å²) in [4.78, 5) is 13.6. The smallest absolute Gasteiger partial charge is 0.224 e. The van der Waals surface area contributed by atoms with Gasteiger partial charge in [0.25, 0.3) is 0 Å². The Morgan fingerprint density at radius 2 is 2.13 bits per heavy atom. The molecule has 0 unspecified atom stereocenters. The summed E-state index contributed by atoms with van der Waals surface area (Å²) in [6.07, 6.45) is 2.63. The largest absolute Gasteiger partial charge is 0.370 e. The number of hydrogen-bond acceptors (Lipinski definition) is 2. The predicted molar refractivity (Wildman–Crippen MR) is 59.5 cm³/mol. The zero-order valence-electron chi connectivity index (χ0n) is 9.25. The van der Waals surface area contributed by atoms with Crippen molar-refractivity contribution in [3.63, 3.8) is 0 Å². The quantitative estimate of drug-likeness (QED) is 0.459. The number of nitrogens with one attached hydrogen (secondary N) is 2.